The quantitative estimate of drug-likeness (QED) is 0.300. The van der Waals surface area contributed by atoms with E-state index in [4.69, 9.17) is 11.6 Å². The summed E-state index contributed by atoms with van der Waals surface area (Å²) in [5, 5.41) is 0. The maximum Gasteiger partial charge on any atom is 0.354 e. The fourth-order valence-electron chi connectivity index (χ4n) is 0. The van der Waals surface area contributed by atoms with Crippen LogP contribution in [0.4, 0.5) is 0 Å². The Hall–Kier alpha value is -0.0400. The van der Waals surface area contributed by atoms with Gasteiger partial charge < -0.3 is 0 Å². The van der Waals surface area contributed by atoms with Crippen molar-refractivity contribution in [2.75, 3.05) is 14.1 Å². The molecular weight excluding hydrogens is 85.5 g/mol. The molecule has 0 rings (SSSR count). The number of hydrogen-bond acceptors (Lipinski definition) is 0. The van der Waals surface area contributed by atoms with E-state index in [-0.39, 0.29) is 0 Å². The first-order chi connectivity index (χ1) is 2.27. The van der Waals surface area contributed by atoms with Crippen LogP contribution in [-0.4, -0.2) is 24.3 Å². The molecule has 29 valence electrons. The summed E-state index contributed by atoms with van der Waals surface area (Å²) >= 11 is 5.01. The second-order valence-electron chi connectivity index (χ2n) is 0.979. The second-order valence-corrected chi connectivity index (χ2v) is 1.15. The van der Waals surface area contributed by atoms with Crippen molar-refractivity contribution >= 4 is 17.3 Å². The molecule has 0 unspecified atom stereocenters. The van der Waals surface area contributed by atoms with Gasteiger partial charge in [0.1, 0.15) is 14.1 Å². The van der Waals surface area contributed by atoms with Crippen LogP contribution in [0.15, 0.2) is 0 Å². The summed E-state index contributed by atoms with van der Waals surface area (Å²) < 4.78 is 1.64. The van der Waals surface area contributed by atoms with E-state index in [1.54, 1.807) is 4.58 Å². The third-order valence-corrected chi connectivity index (χ3v) is 0.507. The van der Waals surface area contributed by atoms with E-state index in [0.717, 1.165) is 0 Å². The minimum absolute atomic E-state index is 1.64. The third-order valence-electron chi connectivity index (χ3n) is 0.169. The fraction of sp³-hybridized carbons (Fsp3) is 0.667. The van der Waals surface area contributed by atoms with E-state index < -0.39 is 0 Å². The van der Waals surface area contributed by atoms with Crippen molar-refractivity contribution < 1.29 is 4.58 Å². The monoisotopic (exact) mass is 91.0 g/mol. The molecular formula is C3H6ClN+. The van der Waals surface area contributed by atoms with Crippen LogP contribution in [-0.2, 0) is 0 Å². The molecule has 0 N–H and O–H groups in total. The third kappa shape index (κ3) is 3.96. The molecule has 0 aromatic carbocycles. The highest BCUT2D eigenvalue weighted by atomic mass is 35.5. The minimum atomic E-state index is 1.64. The highest BCUT2D eigenvalue weighted by Gasteiger charge is 1.71. The van der Waals surface area contributed by atoms with Crippen molar-refractivity contribution in [3.05, 3.63) is 0 Å². The molecule has 0 aromatic rings. The highest BCUT2D eigenvalue weighted by molar-refractivity contribution is 6.54. The van der Waals surface area contributed by atoms with Gasteiger partial charge in [0, 0.05) is 0 Å². The molecule has 5 heavy (non-hydrogen) atoms. The molecule has 0 saturated heterocycles. The Labute approximate surface area is 36.9 Å². The molecule has 0 aromatic heterocycles. The highest BCUT2D eigenvalue weighted by Crippen LogP contribution is 1.55. The number of rotatable bonds is 0. The molecule has 1 radical (unpaired) electrons. The van der Waals surface area contributed by atoms with E-state index in [0.29, 0.717) is 0 Å². The van der Waals surface area contributed by atoms with E-state index in [9.17, 15) is 0 Å². The molecule has 0 aliphatic carbocycles. The van der Waals surface area contributed by atoms with Gasteiger partial charge in [-0.25, -0.2) is 4.58 Å². The molecule has 0 aliphatic heterocycles. The maximum absolute atomic E-state index is 5.01. The molecule has 0 fully saturated rings. The summed E-state index contributed by atoms with van der Waals surface area (Å²) in [5.74, 6) is 0. The van der Waals surface area contributed by atoms with Crippen molar-refractivity contribution in [2.24, 2.45) is 0 Å². The maximum atomic E-state index is 5.01. The summed E-state index contributed by atoms with van der Waals surface area (Å²) in [6.07, 6.45) is 0. The predicted molar refractivity (Wildman–Crippen MR) is 23.0 cm³/mol. The Morgan fingerprint density at radius 3 is 1.80 bits per heavy atom. The molecule has 1 nitrogen and oxygen atoms in total. The lowest BCUT2D eigenvalue weighted by Crippen LogP contribution is -1.91. The summed E-state index contributed by atoms with van der Waals surface area (Å²) in [6, 6.07) is 0. The normalized spacial score (nSPS) is 7.00. The van der Waals surface area contributed by atoms with Gasteiger partial charge >= 0.3 is 5.67 Å². The van der Waals surface area contributed by atoms with Crippen molar-refractivity contribution in [3.8, 4) is 0 Å². The lowest BCUT2D eigenvalue weighted by atomic mass is 11.1. The van der Waals surface area contributed by atoms with Gasteiger partial charge in [-0.1, -0.05) is 0 Å². The molecule has 0 bridgehead atoms. The zero-order chi connectivity index (χ0) is 4.28. The second kappa shape index (κ2) is 2.21. The van der Waals surface area contributed by atoms with Crippen molar-refractivity contribution in [1.29, 1.82) is 0 Å². The van der Waals surface area contributed by atoms with Crippen LogP contribution in [0.3, 0.4) is 0 Å². The molecule has 0 saturated carbocycles. The lowest BCUT2D eigenvalue weighted by Gasteiger charge is -1.67. The van der Waals surface area contributed by atoms with Crippen molar-refractivity contribution in [3.63, 3.8) is 0 Å². The number of nitrogens with zero attached hydrogens (tertiary/aromatic N) is 1. The van der Waals surface area contributed by atoms with E-state index in [1.807, 2.05) is 14.1 Å². The zero-order valence-electron chi connectivity index (χ0n) is 3.33. The average Bonchev–Trinajstić information content (AvgIpc) is 1.38. The Balaban J connectivity index is 3.14. The van der Waals surface area contributed by atoms with Gasteiger partial charge in [0.15, 0.2) is 0 Å². The molecule has 0 aliphatic rings. The summed E-state index contributed by atoms with van der Waals surface area (Å²) in [6.45, 7) is 0. The average molecular weight is 91.5 g/mol. The van der Waals surface area contributed by atoms with Gasteiger partial charge in [0.05, 0.1) is 0 Å². The van der Waals surface area contributed by atoms with Gasteiger partial charge in [-0.15, -0.1) is 0 Å². The first kappa shape index (κ1) is 4.96. The largest absolute Gasteiger partial charge is 0.354 e. The smallest absolute Gasteiger partial charge is 0.219 e. The van der Waals surface area contributed by atoms with Crippen LogP contribution >= 0.6 is 11.6 Å². The summed E-state index contributed by atoms with van der Waals surface area (Å²) in [7, 11) is 3.62. The standard InChI is InChI=1S/C3H6ClN/c1-5(2)3-4/h1-2H3/q+1. The van der Waals surface area contributed by atoms with Crippen molar-refractivity contribution in [2.45, 2.75) is 0 Å². The number of hydrogen-bond donors (Lipinski definition) is 0. The van der Waals surface area contributed by atoms with Gasteiger partial charge in [-0.3, -0.25) is 0 Å². The van der Waals surface area contributed by atoms with Gasteiger partial charge in [-0.2, -0.15) is 0 Å². The molecule has 0 amide bonds. The van der Waals surface area contributed by atoms with Crippen LogP contribution in [0.5, 0.6) is 0 Å². The summed E-state index contributed by atoms with van der Waals surface area (Å²) in [5.41, 5.74) is 2.33. The van der Waals surface area contributed by atoms with E-state index in [2.05, 4.69) is 5.67 Å². The van der Waals surface area contributed by atoms with Crippen LogP contribution in [0, 0.1) is 0 Å². The topological polar surface area (TPSA) is 3.01 Å². The number of halogens is 1. The molecule has 0 spiro atoms. The van der Waals surface area contributed by atoms with Crippen LogP contribution in [0.25, 0.3) is 0 Å². The predicted octanol–water partition coefficient (Wildman–Crippen LogP) is 0.403. The minimum Gasteiger partial charge on any atom is -0.219 e. The van der Waals surface area contributed by atoms with E-state index in [1.165, 1.54) is 0 Å². The van der Waals surface area contributed by atoms with Crippen LogP contribution in [0.2, 0.25) is 0 Å². The van der Waals surface area contributed by atoms with Gasteiger partial charge in [0.2, 0.25) is 0 Å². The first-order valence-electron chi connectivity index (χ1n) is 1.31. The zero-order valence-corrected chi connectivity index (χ0v) is 4.08. The lowest BCUT2D eigenvalue weighted by molar-refractivity contribution is -0.457. The summed E-state index contributed by atoms with van der Waals surface area (Å²) in [4.78, 5) is 0. The van der Waals surface area contributed by atoms with Crippen LogP contribution < -0.4 is 0 Å². The Morgan fingerprint density at radius 2 is 1.80 bits per heavy atom. The van der Waals surface area contributed by atoms with Crippen molar-refractivity contribution in [1.82, 2.24) is 0 Å². The van der Waals surface area contributed by atoms with Crippen LogP contribution in [0.1, 0.15) is 0 Å². The Morgan fingerprint density at radius 1 is 1.60 bits per heavy atom. The molecule has 2 heteroatoms. The Bertz CT molecular complexity index is 44.9. The van der Waals surface area contributed by atoms with E-state index >= 15 is 0 Å². The van der Waals surface area contributed by atoms with Gasteiger partial charge in [0.25, 0.3) is 0 Å². The Kier molecular flexibility index (Phi) is 2.19. The fourth-order valence-corrected chi connectivity index (χ4v) is 0. The molecule has 0 atom stereocenters. The first-order valence-corrected chi connectivity index (χ1v) is 1.68. The molecule has 0 heterocycles. The van der Waals surface area contributed by atoms with Gasteiger partial charge in [-0.05, 0) is 11.6 Å². The SMILES string of the molecule is C[N+](C)=[C]Cl.